The first kappa shape index (κ1) is 17.4. The lowest BCUT2D eigenvalue weighted by molar-refractivity contribution is 0.0642. The van der Waals surface area contributed by atoms with Gasteiger partial charge in [-0.2, -0.15) is 4.98 Å². The minimum Gasteiger partial charge on any atom is -0.423 e. The number of benzene rings is 1. The molecule has 0 spiro atoms. The second kappa shape index (κ2) is 7.32. The summed E-state index contributed by atoms with van der Waals surface area (Å²) in [4.78, 5) is 30.0. The van der Waals surface area contributed by atoms with Crippen molar-refractivity contribution in [3.8, 4) is 0 Å². The van der Waals surface area contributed by atoms with Crippen LogP contribution in [0.15, 0.2) is 34.9 Å². The van der Waals surface area contributed by atoms with Gasteiger partial charge < -0.3 is 14.2 Å². The molecule has 1 N–H and O–H groups in total. The van der Waals surface area contributed by atoms with E-state index in [9.17, 15) is 4.79 Å². The summed E-state index contributed by atoms with van der Waals surface area (Å²) in [5.41, 5.74) is 2.61. The Bertz CT molecular complexity index is 929. The Morgan fingerprint density at radius 1 is 1.19 bits per heavy atom. The highest BCUT2D eigenvalue weighted by molar-refractivity contribution is 5.95. The average Bonchev–Trinajstić information content (AvgIpc) is 3.10. The zero-order chi connectivity index (χ0) is 18.8. The van der Waals surface area contributed by atoms with Crippen LogP contribution >= 0.6 is 0 Å². The molecule has 0 aliphatic carbocycles. The second-order valence-corrected chi connectivity index (χ2v) is 6.53. The molecule has 0 unspecified atom stereocenters. The molecule has 0 atom stereocenters. The second-order valence-electron chi connectivity index (χ2n) is 6.53. The molecule has 0 bridgehead atoms. The number of carbonyl (C=O) groups is 1. The van der Waals surface area contributed by atoms with E-state index in [4.69, 9.17) is 4.42 Å². The van der Waals surface area contributed by atoms with Gasteiger partial charge in [0.15, 0.2) is 5.58 Å². The molecule has 1 amide bonds. The molecular weight excluding hydrogens is 344 g/mol. The van der Waals surface area contributed by atoms with Gasteiger partial charge in [-0.25, -0.2) is 9.97 Å². The molecule has 1 saturated heterocycles. The number of hydrogen-bond donors (Lipinski definition) is 1. The number of aromatic nitrogens is 3. The van der Waals surface area contributed by atoms with Gasteiger partial charge in [0.2, 0.25) is 5.95 Å². The van der Waals surface area contributed by atoms with E-state index in [-0.39, 0.29) is 5.91 Å². The van der Waals surface area contributed by atoms with Crippen molar-refractivity contribution in [3.05, 3.63) is 41.7 Å². The fourth-order valence-electron chi connectivity index (χ4n) is 3.20. The Hall–Kier alpha value is -3.00. The highest BCUT2D eigenvalue weighted by Crippen LogP contribution is 2.21. The number of rotatable bonds is 4. The Morgan fingerprint density at radius 3 is 2.67 bits per heavy atom. The Labute approximate surface area is 157 Å². The highest BCUT2D eigenvalue weighted by Gasteiger charge is 2.23. The molecule has 0 saturated carbocycles. The summed E-state index contributed by atoms with van der Waals surface area (Å²) in [6, 6.07) is 7.83. The summed E-state index contributed by atoms with van der Waals surface area (Å²) in [6.07, 6.45) is 1.57. The zero-order valence-electron chi connectivity index (χ0n) is 15.5. The van der Waals surface area contributed by atoms with Gasteiger partial charge in [-0.1, -0.05) is 19.1 Å². The van der Waals surface area contributed by atoms with Crippen LogP contribution in [0, 0.1) is 6.92 Å². The predicted molar refractivity (Wildman–Crippen MR) is 102 cm³/mol. The van der Waals surface area contributed by atoms with Gasteiger partial charge in [-0.15, -0.1) is 0 Å². The fraction of sp³-hybridized carbons (Fsp3) is 0.368. The zero-order valence-corrected chi connectivity index (χ0v) is 15.5. The van der Waals surface area contributed by atoms with Crippen molar-refractivity contribution in [2.24, 2.45) is 0 Å². The number of piperazine rings is 1. The van der Waals surface area contributed by atoms with Crippen LogP contribution in [0.25, 0.3) is 11.1 Å². The van der Waals surface area contributed by atoms with Crippen molar-refractivity contribution >= 4 is 29.0 Å². The summed E-state index contributed by atoms with van der Waals surface area (Å²) in [7, 11) is 0. The minimum absolute atomic E-state index is 0.0170. The quantitative estimate of drug-likeness (QED) is 0.759. The molecule has 0 radical (unpaired) electrons. The number of nitrogens with zero attached hydrogens (tertiary/aromatic N) is 5. The number of hydrogen-bond acceptors (Lipinski definition) is 7. The lowest BCUT2D eigenvalue weighted by atomic mass is 10.2. The number of oxazole rings is 1. The number of anilines is 2. The molecule has 1 aliphatic rings. The topological polar surface area (TPSA) is 87.4 Å². The number of carbonyl (C=O) groups excluding carboxylic acids is 1. The molecule has 1 aromatic carbocycles. The molecule has 3 heterocycles. The first-order chi connectivity index (χ1) is 13.1. The summed E-state index contributed by atoms with van der Waals surface area (Å²) in [5.74, 6) is 0.336. The molecule has 4 rings (SSSR count). The number of nitrogens with one attached hydrogen (secondary N) is 1. The van der Waals surface area contributed by atoms with Gasteiger partial charge in [-0.05, 0) is 25.6 Å². The van der Waals surface area contributed by atoms with E-state index >= 15 is 0 Å². The predicted octanol–water partition coefficient (Wildman–Crippen LogP) is 2.45. The number of para-hydroxylation sites is 2. The maximum atomic E-state index is 12.8. The summed E-state index contributed by atoms with van der Waals surface area (Å²) >= 11 is 0. The Kier molecular flexibility index (Phi) is 4.72. The molecule has 8 heteroatoms. The van der Waals surface area contributed by atoms with Crippen LogP contribution in [-0.2, 0) is 0 Å². The van der Waals surface area contributed by atoms with Gasteiger partial charge >= 0.3 is 6.01 Å². The maximum absolute atomic E-state index is 12.8. The molecule has 2 aromatic heterocycles. The lowest BCUT2D eigenvalue weighted by Crippen LogP contribution is -2.48. The monoisotopic (exact) mass is 366 g/mol. The summed E-state index contributed by atoms with van der Waals surface area (Å²) in [6.45, 7) is 8.23. The average molecular weight is 366 g/mol. The van der Waals surface area contributed by atoms with E-state index in [1.807, 2.05) is 36.1 Å². The van der Waals surface area contributed by atoms with Gasteiger partial charge in [0.1, 0.15) is 5.52 Å². The smallest absolute Gasteiger partial charge is 0.302 e. The van der Waals surface area contributed by atoms with Crippen LogP contribution in [0.3, 0.4) is 0 Å². The van der Waals surface area contributed by atoms with E-state index in [1.54, 1.807) is 6.20 Å². The first-order valence-electron chi connectivity index (χ1n) is 9.12. The lowest BCUT2D eigenvalue weighted by Gasteiger charge is -2.34. The van der Waals surface area contributed by atoms with Crippen molar-refractivity contribution in [3.63, 3.8) is 0 Å². The van der Waals surface area contributed by atoms with Gasteiger partial charge in [0.05, 0.1) is 11.3 Å². The highest BCUT2D eigenvalue weighted by atomic mass is 16.4. The number of aryl methyl sites for hydroxylation is 1. The van der Waals surface area contributed by atoms with Crippen molar-refractivity contribution in [1.82, 2.24) is 24.8 Å². The molecule has 140 valence electrons. The number of amides is 1. The minimum atomic E-state index is -0.0170. The summed E-state index contributed by atoms with van der Waals surface area (Å²) in [5, 5.41) is 2.96. The van der Waals surface area contributed by atoms with Gasteiger partial charge in [0.25, 0.3) is 5.91 Å². The van der Waals surface area contributed by atoms with Gasteiger partial charge in [0, 0.05) is 32.4 Å². The van der Waals surface area contributed by atoms with Crippen molar-refractivity contribution in [2.75, 3.05) is 38.0 Å². The molecule has 1 fully saturated rings. The van der Waals surface area contributed by atoms with Crippen LogP contribution in [0.1, 0.15) is 23.0 Å². The van der Waals surface area contributed by atoms with Crippen molar-refractivity contribution < 1.29 is 9.21 Å². The van der Waals surface area contributed by atoms with E-state index in [1.165, 1.54) is 0 Å². The Morgan fingerprint density at radius 2 is 1.96 bits per heavy atom. The van der Waals surface area contributed by atoms with Crippen LogP contribution in [0.2, 0.25) is 0 Å². The largest absolute Gasteiger partial charge is 0.423 e. The van der Waals surface area contributed by atoms with Crippen LogP contribution in [0.4, 0.5) is 12.0 Å². The van der Waals surface area contributed by atoms with Crippen LogP contribution in [0.5, 0.6) is 0 Å². The van der Waals surface area contributed by atoms with Crippen LogP contribution < -0.4 is 5.32 Å². The molecule has 8 nitrogen and oxygen atoms in total. The van der Waals surface area contributed by atoms with E-state index in [0.29, 0.717) is 28.8 Å². The SMILES string of the molecule is CCN1CCN(C(=O)c2cnc(Nc3nc4ccccc4o3)nc2C)CC1. The Balaban J connectivity index is 1.48. The number of likely N-dealkylation sites (N-methyl/N-ethyl adjacent to an activating group) is 1. The molecule has 1 aliphatic heterocycles. The fourth-order valence-corrected chi connectivity index (χ4v) is 3.20. The van der Waals surface area contributed by atoms with E-state index in [2.05, 4.69) is 32.1 Å². The normalized spacial score (nSPS) is 15.3. The first-order valence-corrected chi connectivity index (χ1v) is 9.12. The third-order valence-corrected chi connectivity index (χ3v) is 4.83. The third-order valence-electron chi connectivity index (χ3n) is 4.83. The molecule has 3 aromatic rings. The van der Waals surface area contributed by atoms with Gasteiger partial charge in [-0.3, -0.25) is 10.1 Å². The number of fused-ring (bicyclic) bond motifs is 1. The van der Waals surface area contributed by atoms with Crippen molar-refractivity contribution in [1.29, 1.82) is 0 Å². The standard InChI is InChI=1S/C19H22N6O2/c1-3-24-8-10-25(11-9-24)17(26)14-12-20-18(21-13(14)2)23-19-22-15-6-4-5-7-16(15)27-19/h4-7,12H,3,8-11H2,1-2H3,(H,20,21,22,23). The molecular formula is C19H22N6O2. The van der Waals surface area contributed by atoms with Crippen LogP contribution in [-0.4, -0.2) is 63.4 Å². The van der Waals surface area contributed by atoms with E-state index < -0.39 is 0 Å². The maximum Gasteiger partial charge on any atom is 0.302 e. The summed E-state index contributed by atoms with van der Waals surface area (Å²) < 4.78 is 5.62. The third kappa shape index (κ3) is 3.61. The molecule has 27 heavy (non-hydrogen) atoms. The van der Waals surface area contributed by atoms with Crippen molar-refractivity contribution in [2.45, 2.75) is 13.8 Å². The van der Waals surface area contributed by atoms with E-state index in [0.717, 1.165) is 38.2 Å².